The van der Waals surface area contributed by atoms with Gasteiger partial charge in [0.15, 0.2) is 0 Å². The first-order valence-electron chi connectivity index (χ1n) is 14.6. The summed E-state index contributed by atoms with van der Waals surface area (Å²) in [5.41, 5.74) is 4.14. The molecule has 0 spiro atoms. The molecule has 0 saturated carbocycles. The van der Waals surface area contributed by atoms with E-state index in [0.717, 1.165) is 46.5 Å². The van der Waals surface area contributed by atoms with Crippen LogP contribution >= 0.6 is 0 Å². The number of anilines is 3. The first-order valence-corrected chi connectivity index (χ1v) is 14.6. The van der Waals surface area contributed by atoms with E-state index in [2.05, 4.69) is 26.5 Å². The van der Waals surface area contributed by atoms with Gasteiger partial charge >= 0.3 is 0 Å². The Morgan fingerprint density at radius 3 is 2.18 bits per heavy atom. The van der Waals surface area contributed by atoms with Crippen molar-refractivity contribution in [3.05, 3.63) is 132 Å². The number of ether oxygens (including phenoxy) is 1. The Morgan fingerprint density at radius 1 is 0.727 bits per heavy atom. The van der Waals surface area contributed by atoms with Gasteiger partial charge in [0, 0.05) is 49.7 Å². The number of para-hydroxylation sites is 2. The maximum absolute atomic E-state index is 13.6. The van der Waals surface area contributed by atoms with E-state index < -0.39 is 0 Å². The third-order valence-electron chi connectivity index (χ3n) is 7.95. The highest BCUT2D eigenvalue weighted by Crippen LogP contribution is 2.31. The number of nitrogens with one attached hydrogen (secondary N) is 2. The monoisotopic (exact) mass is 588 g/mol. The molecule has 0 unspecified atom stereocenters. The smallest absolute Gasteiger partial charge is 0.256 e. The lowest BCUT2D eigenvalue weighted by atomic mass is 10.0. The molecule has 1 heterocycles. The van der Waals surface area contributed by atoms with Crippen LogP contribution in [0.4, 0.5) is 21.5 Å². The Kier molecular flexibility index (Phi) is 8.41. The molecule has 1 saturated heterocycles. The summed E-state index contributed by atoms with van der Waals surface area (Å²) in [7, 11) is 1.67. The van der Waals surface area contributed by atoms with Crippen molar-refractivity contribution in [2.75, 3.05) is 48.4 Å². The number of methoxy groups -OCH3 is 1. The van der Waals surface area contributed by atoms with Gasteiger partial charge < -0.3 is 25.2 Å². The van der Waals surface area contributed by atoms with Crippen LogP contribution in [0.25, 0.3) is 10.8 Å². The molecule has 0 aliphatic carbocycles. The molecule has 2 N–H and O–H groups in total. The quantitative estimate of drug-likeness (QED) is 0.217. The minimum absolute atomic E-state index is 0.243. The fraction of sp³-hybridized carbons (Fsp3) is 0.167. The van der Waals surface area contributed by atoms with E-state index in [1.807, 2.05) is 66.7 Å². The summed E-state index contributed by atoms with van der Waals surface area (Å²) in [6, 6.07) is 32.8. The van der Waals surface area contributed by atoms with Gasteiger partial charge in [-0.2, -0.15) is 0 Å². The van der Waals surface area contributed by atoms with Crippen molar-refractivity contribution in [2.24, 2.45) is 0 Å². The zero-order chi connectivity index (χ0) is 30.5. The number of halogens is 1. The number of nitrogens with zero attached hydrogens (tertiary/aromatic N) is 2. The highest BCUT2D eigenvalue weighted by molar-refractivity contribution is 6.13. The predicted molar refractivity (Wildman–Crippen MR) is 173 cm³/mol. The van der Waals surface area contributed by atoms with Gasteiger partial charge in [-0.15, -0.1) is 0 Å². The molecule has 5 aromatic rings. The molecular weight excluding hydrogens is 555 g/mol. The highest BCUT2D eigenvalue weighted by Gasteiger charge is 2.24. The molecule has 6 rings (SSSR count). The zero-order valence-corrected chi connectivity index (χ0v) is 24.4. The van der Waals surface area contributed by atoms with Crippen molar-refractivity contribution in [1.82, 2.24) is 5.32 Å². The van der Waals surface area contributed by atoms with Gasteiger partial charge in [0.05, 0.1) is 18.4 Å². The lowest BCUT2D eigenvalue weighted by molar-refractivity contribution is 0.0950. The lowest BCUT2D eigenvalue weighted by Gasteiger charge is -2.38. The molecule has 0 bridgehead atoms. The number of fused-ring (bicyclic) bond motifs is 1. The largest absolute Gasteiger partial charge is 0.495 e. The average molecular weight is 589 g/mol. The molecular formula is C36H33FN4O3. The molecule has 1 aliphatic heterocycles. The molecule has 7 nitrogen and oxygen atoms in total. The number of amides is 2. The summed E-state index contributed by atoms with van der Waals surface area (Å²) in [6.45, 7) is 3.12. The fourth-order valence-corrected chi connectivity index (χ4v) is 5.65. The van der Waals surface area contributed by atoms with Crippen LogP contribution in [-0.2, 0) is 6.54 Å². The van der Waals surface area contributed by atoms with E-state index in [-0.39, 0.29) is 24.2 Å². The number of hydrogen-bond donors (Lipinski definition) is 2. The summed E-state index contributed by atoms with van der Waals surface area (Å²) >= 11 is 0. The molecule has 8 heteroatoms. The molecule has 0 atom stereocenters. The number of piperazine rings is 1. The molecule has 1 aliphatic rings. The van der Waals surface area contributed by atoms with E-state index >= 15 is 0 Å². The molecule has 0 radical (unpaired) electrons. The summed E-state index contributed by atoms with van der Waals surface area (Å²) in [4.78, 5) is 31.5. The van der Waals surface area contributed by atoms with Crippen molar-refractivity contribution >= 4 is 39.6 Å². The van der Waals surface area contributed by atoms with Gasteiger partial charge in [-0.1, -0.05) is 60.7 Å². The Hall–Kier alpha value is -5.37. The van der Waals surface area contributed by atoms with Gasteiger partial charge in [-0.05, 0) is 64.9 Å². The second-order valence-corrected chi connectivity index (χ2v) is 10.7. The molecule has 1 fully saturated rings. The first-order chi connectivity index (χ1) is 21.5. The fourth-order valence-electron chi connectivity index (χ4n) is 5.65. The van der Waals surface area contributed by atoms with Crippen molar-refractivity contribution in [3.63, 3.8) is 0 Å². The maximum atomic E-state index is 13.6. The zero-order valence-electron chi connectivity index (χ0n) is 24.4. The van der Waals surface area contributed by atoms with E-state index in [0.29, 0.717) is 29.9 Å². The minimum Gasteiger partial charge on any atom is -0.495 e. The number of rotatable bonds is 8. The van der Waals surface area contributed by atoms with Gasteiger partial charge in [-0.25, -0.2) is 4.39 Å². The van der Waals surface area contributed by atoms with Crippen molar-refractivity contribution in [3.8, 4) is 5.75 Å². The molecule has 2 amide bonds. The molecule has 0 aromatic heterocycles. The summed E-state index contributed by atoms with van der Waals surface area (Å²) in [6.07, 6.45) is 0. The van der Waals surface area contributed by atoms with Gasteiger partial charge in [-0.3, -0.25) is 9.59 Å². The molecule has 44 heavy (non-hydrogen) atoms. The van der Waals surface area contributed by atoms with Crippen LogP contribution in [-0.4, -0.2) is 45.1 Å². The van der Waals surface area contributed by atoms with Gasteiger partial charge in [0.2, 0.25) is 0 Å². The number of hydrogen-bond acceptors (Lipinski definition) is 5. The Labute approximate surface area is 255 Å². The van der Waals surface area contributed by atoms with Crippen LogP contribution in [0.1, 0.15) is 26.3 Å². The molecule has 222 valence electrons. The van der Waals surface area contributed by atoms with Gasteiger partial charge in [0.1, 0.15) is 11.6 Å². The number of carbonyl (C=O) groups is 2. The molecule has 5 aromatic carbocycles. The normalized spacial score (nSPS) is 13.0. The highest BCUT2D eigenvalue weighted by atomic mass is 19.1. The topological polar surface area (TPSA) is 73.9 Å². The number of benzene rings is 5. The third kappa shape index (κ3) is 6.20. The second-order valence-electron chi connectivity index (χ2n) is 10.7. The predicted octanol–water partition coefficient (Wildman–Crippen LogP) is 6.50. The Bertz CT molecular complexity index is 1790. The van der Waals surface area contributed by atoms with Crippen molar-refractivity contribution < 1.29 is 18.7 Å². The van der Waals surface area contributed by atoms with Crippen molar-refractivity contribution in [2.45, 2.75) is 6.54 Å². The van der Waals surface area contributed by atoms with E-state index in [1.165, 1.54) is 12.1 Å². The standard InChI is InChI=1S/C36H33FN4O3/c1-44-34-12-5-4-11-33(34)41-21-19-40(20-22-41)32-18-17-28(23-31(32)35(42)38-24-25-13-15-27(37)16-14-25)39-36(43)30-10-6-8-26-7-2-3-9-29(26)30/h2-18,23H,19-22,24H2,1H3,(H,38,42)(H,39,43). The Balaban J connectivity index is 1.25. The van der Waals surface area contributed by atoms with Crippen LogP contribution in [0, 0.1) is 5.82 Å². The first kappa shape index (κ1) is 28.7. The number of carbonyl (C=O) groups excluding carboxylic acids is 2. The van der Waals surface area contributed by atoms with E-state index in [4.69, 9.17) is 4.74 Å². The minimum atomic E-state index is -0.329. The summed E-state index contributed by atoms with van der Waals surface area (Å²) < 4.78 is 19.0. The van der Waals surface area contributed by atoms with Crippen LogP contribution in [0.15, 0.2) is 109 Å². The van der Waals surface area contributed by atoms with Crippen LogP contribution in [0.2, 0.25) is 0 Å². The third-order valence-corrected chi connectivity index (χ3v) is 7.95. The second kappa shape index (κ2) is 12.9. The lowest BCUT2D eigenvalue weighted by Crippen LogP contribution is -2.47. The summed E-state index contributed by atoms with van der Waals surface area (Å²) in [5.74, 6) is -0.0345. The van der Waals surface area contributed by atoms with Crippen LogP contribution in [0.5, 0.6) is 5.75 Å². The SMILES string of the molecule is COc1ccccc1N1CCN(c2ccc(NC(=O)c3cccc4ccccc34)cc2C(=O)NCc2ccc(F)cc2)CC1. The van der Waals surface area contributed by atoms with E-state index in [1.54, 1.807) is 31.4 Å². The van der Waals surface area contributed by atoms with E-state index in [9.17, 15) is 14.0 Å². The summed E-state index contributed by atoms with van der Waals surface area (Å²) in [5, 5.41) is 7.80. The average Bonchev–Trinajstić information content (AvgIpc) is 3.07. The Morgan fingerprint density at radius 2 is 1.41 bits per heavy atom. The van der Waals surface area contributed by atoms with Crippen molar-refractivity contribution in [1.29, 1.82) is 0 Å². The van der Waals surface area contributed by atoms with Crippen LogP contribution in [0.3, 0.4) is 0 Å². The van der Waals surface area contributed by atoms with Gasteiger partial charge in [0.25, 0.3) is 11.8 Å². The van der Waals surface area contributed by atoms with Crippen LogP contribution < -0.4 is 25.2 Å². The maximum Gasteiger partial charge on any atom is 0.256 e.